The first-order valence-corrected chi connectivity index (χ1v) is 10.6. The predicted octanol–water partition coefficient (Wildman–Crippen LogP) is 3.35. The van der Waals surface area contributed by atoms with Crippen molar-refractivity contribution in [3.05, 3.63) is 47.3 Å². The lowest BCUT2D eigenvalue weighted by atomic mass is 9.74. The summed E-state index contributed by atoms with van der Waals surface area (Å²) in [7, 11) is 3.27. The molecular weight excluding hydrogens is 372 g/mol. The minimum absolute atomic E-state index is 0.0123. The Kier molecular flexibility index (Phi) is 6.86. The molecule has 1 aromatic heterocycles. The summed E-state index contributed by atoms with van der Waals surface area (Å²) in [5.74, 6) is 0.0698. The van der Waals surface area contributed by atoms with Gasteiger partial charge in [-0.3, -0.25) is 9.59 Å². The highest BCUT2D eigenvalue weighted by molar-refractivity contribution is 7.13. The topological polar surface area (TPSA) is 58.6 Å². The number of likely N-dealkylation sites (tertiary alicyclic amines) is 1. The van der Waals surface area contributed by atoms with Gasteiger partial charge in [0.2, 0.25) is 11.8 Å². The second-order valence-corrected chi connectivity index (χ2v) is 8.32. The number of hydrogen-bond acceptors (Lipinski definition) is 4. The Bertz CT molecular complexity index is 806. The molecule has 0 unspecified atom stereocenters. The van der Waals surface area contributed by atoms with Gasteiger partial charge in [0.05, 0.1) is 18.4 Å². The summed E-state index contributed by atoms with van der Waals surface area (Å²) < 4.78 is 5.04. The smallest absolute Gasteiger partial charge is 0.228 e. The Morgan fingerprint density at radius 3 is 2.86 bits per heavy atom. The lowest BCUT2D eigenvalue weighted by Crippen LogP contribution is -2.54. The van der Waals surface area contributed by atoms with E-state index in [9.17, 15) is 9.59 Å². The van der Waals surface area contributed by atoms with Gasteiger partial charge >= 0.3 is 0 Å². The monoisotopic (exact) mass is 400 g/mol. The number of ether oxygens (including phenoxy) is 1. The highest BCUT2D eigenvalue weighted by Gasteiger charge is 2.42. The minimum atomic E-state index is -0.593. The highest BCUT2D eigenvalue weighted by Crippen LogP contribution is 2.36. The number of carbonyl (C=O) groups excluding carboxylic acids is 2. The van der Waals surface area contributed by atoms with Gasteiger partial charge < -0.3 is 15.0 Å². The molecule has 0 saturated carbocycles. The molecule has 1 aliphatic rings. The van der Waals surface area contributed by atoms with Gasteiger partial charge in [-0.25, -0.2) is 0 Å². The maximum Gasteiger partial charge on any atom is 0.228 e. The summed E-state index contributed by atoms with van der Waals surface area (Å²) >= 11 is 1.71. The van der Waals surface area contributed by atoms with E-state index < -0.39 is 5.41 Å². The number of rotatable bonds is 7. The molecule has 6 heteroatoms. The first-order valence-electron chi connectivity index (χ1n) is 9.70. The molecule has 1 atom stereocenters. The van der Waals surface area contributed by atoms with E-state index >= 15 is 0 Å². The predicted molar refractivity (Wildman–Crippen MR) is 112 cm³/mol. The van der Waals surface area contributed by atoms with Crippen LogP contribution in [0, 0.1) is 5.41 Å². The molecule has 1 aromatic carbocycles. The van der Waals surface area contributed by atoms with E-state index in [0.29, 0.717) is 32.5 Å². The van der Waals surface area contributed by atoms with Crippen LogP contribution in [0.4, 0.5) is 0 Å². The van der Waals surface area contributed by atoms with Crippen LogP contribution in [0.15, 0.2) is 41.8 Å². The van der Waals surface area contributed by atoms with Gasteiger partial charge in [-0.1, -0.05) is 30.3 Å². The maximum atomic E-state index is 12.9. The number of hydrogen-bond donors (Lipinski definition) is 1. The quantitative estimate of drug-likeness (QED) is 0.775. The van der Waals surface area contributed by atoms with Crippen LogP contribution in [0.25, 0.3) is 10.4 Å². The SMILES string of the molecule is CNC(=O)[C@]1(Cc2cccc(-c3cccs3)c2)CCCN(C(=O)CCOC)C1. The zero-order valence-electron chi connectivity index (χ0n) is 16.6. The second kappa shape index (κ2) is 9.34. The zero-order chi connectivity index (χ0) is 20.0. The zero-order valence-corrected chi connectivity index (χ0v) is 17.4. The highest BCUT2D eigenvalue weighted by atomic mass is 32.1. The third-order valence-electron chi connectivity index (χ3n) is 5.43. The fourth-order valence-corrected chi connectivity index (χ4v) is 4.76. The molecule has 1 aliphatic heterocycles. The summed E-state index contributed by atoms with van der Waals surface area (Å²) in [5, 5.41) is 4.91. The van der Waals surface area contributed by atoms with Crippen molar-refractivity contribution in [2.75, 3.05) is 33.9 Å². The Labute approximate surface area is 170 Å². The van der Waals surface area contributed by atoms with Gasteiger partial charge in [-0.2, -0.15) is 0 Å². The van der Waals surface area contributed by atoms with Crippen LogP contribution < -0.4 is 5.32 Å². The molecule has 0 aliphatic carbocycles. The van der Waals surface area contributed by atoms with E-state index in [1.165, 1.54) is 10.4 Å². The third kappa shape index (κ3) is 4.62. The summed E-state index contributed by atoms with van der Waals surface area (Å²) in [5.41, 5.74) is 1.70. The van der Waals surface area contributed by atoms with Crippen LogP contribution in [0.1, 0.15) is 24.8 Å². The second-order valence-electron chi connectivity index (χ2n) is 7.38. The average molecular weight is 401 g/mol. The van der Waals surface area contributed by atoms with Gasteiger partial charge in [0.25, 0.3) is 0 Å². The van der Waals surface area contributed by atoms with Gasteiger partial charge in [0.1, 0.15) is 0 Å². The van der Waals surface area contributed by atoms with Crippen molar-refractivity contribution < 1.29 is 14.3 Å². The Balaban J connectivity index is 1.83. The van der Waals surface area contributed by atoms with Crippen molar-refractivity contribution in [3.63, 3.8) is 0 Å². The lowest BCUT2D eigenvalue weighted by molar-refractivity contribution is -0.141. The summed E-state index contributed by atoms with van der Waals surface area (Å²) in [6, 6.07) is 12.5. The third-order valence-corrected chi connectivity index (χ3v) is 6.35. The Hall–Kier alpha value is -2.18. The number of carbonyl (C=O) groups is 2. The summed E-state index contributed by atoms with van der Waals surface area (Å²) in [4.78, 5) is 28.5. The minimum Gasteiger partial charge on any atom is -0.384 e. The van der Waals surface area contributed by atoms with Crippen LogP contribution in [0.3, 0.4) is 0 Å². The number of thiophene rings is 1. The Morgan fingerprint density at radius 1 is 1.29 bits per heavy atom. The van der Waals surface area contributed by atoms with Crippen molar-refractivity contribution >= 4 is 23.2 Å². The van der Waals surface area contributed by atoms with Gasteiger partial charge in [-0.05, 0) is 41.8 Å². The number of nitrogens with zero attached hydrogens (tertiary/aromatic N) is 1. The van der Waals surface area contributed by atoms with Crippen molar-refractivity contribution in [2.24, 2.45) is 5.41 Å². The molecule has 2 heterocycles. The van der Waals surface area contributed by atoms with Crippen molar-refractivity contribution in [2.45, 2.75) is 25.7 Å². The molecule has 28 heavy (non-hydrogen) atoms. The number of nitrogens with one attached hydrogen (secondary N) is 1. The normalized spacial score (nSPS) is 19.4. The largest absolute Gasteiger partial charge is 0.384 e. The molecule has 1 fully saturated rings. The molecule has 1 saturated heterocycles. The molecule has 0 bridgehead atoms. The number of benzene rings is 1. The van der Waals surface area contributed by atoms with Gasteiger partial charge in [0.15, 0.2) is 0 Å². The number of methoxy groups -OCH3 is 1. The van der Waals surface area contributed by atoms with E-state index in [4.69, 9.17) is 4.74 Å². The average Bonchev–Trinajstić information content (AvgIpc) is 3.26. The molecule has 5 nitrogen and oxygen atoms in total. The van der Waals surface area contributed by atoms with Crippen LogP contribution in [0.5, 0.6) is 0 Å². The molecular formula is C22H28N2O3S. The van der Waals surface area contributed by atoms with Gasteiger partial charge in [-0.15, -0.1) is 11.3 Å². The van der Waals surface area contributed by atoms with Crippen LogP contribution >= 0.6 is 11.3 Å². The molecule has 0 radical (unpaired) electrons. The molecule has 150 valence electrons. The summed E-state index contributed by atoms with van der Waals surface area (Å²) in [6.07, 6.45) is 2.59. The van der Waals surface area contributed by atoms with E-state index in [-0.39, 0.29) is 11.8 Å². The first-order chi connectivity index (χ1) is 13.6. The van der Waals surface area contributed by atoms with Crippen LogP contribution in [-0.2, 0) is 20.7 Å². The van der Waals surface area contributed by atoms with E-state index in [1.54, 1.807) is 25.5 Å². The van der Waals surface area contributed by atoms with Gasteiger partial charge in [0, 0.05) is 32.1 Å². The molecule has 0 spiro atoms. The van der Waals surface area contributed by atoms with Crippen LogP contribution in [0.2, 0.25) is 0 Å². The van der Waals surface area contributed by atoms with Crippen LogP contribution in [-0.4, -0.2) is 50.6 Å². The van der Waals surface area contributed by atoms with E-state index in [2.05, 4.69) is 35.0 Å². The number of amides is 2. The fraction of sp³-hybridized carbons (Fsp3) is 0.455. The van der Waals surface area contributed by atoms with E-state index in [0.717, 1.165) is 18.4 Å². The van der Waals surface area contributed by atoms with E-state index in [1.807, 2.05) is 17.0 Å². The molecule has 3 rings (SSSR count). The lowest BCUT2D eigenvalue weighted by Gasteiger charge is -2.41. The summed E-state index contributed by atoms with van der Waals surface area (Å²) in [6.45, 7) is 1.57. The molecule has 2 amide bonds. The Morgan fingerprint density at radius 2 is 2.14 bits per heavy atom. The number of piperidine rings is 1. The van der Waals surface area contributed by atoms with Crippen molar-refractivity contribution in [1.82, 2.24) is 10.2 Å². The maximum absolute atomic E-state index is 12.9. The fourth-order valence-electron chi connectivity index (χ4n) is 4.04. The molecule has 1 N–H and O–H groups in total. The first kappa shape index (κ1) is 20.6. The van der Waals surface area contributed by atoms with Crippen molar-refractivity contribution in [1.29, 1.82) is 0 Å². The standard InChI is InChI=1S/C22H28N2O3S/c1-23-21(26)22(10-5-11-24(16-22)20(25)9-12-27-2)15-17-6-3-7-18(14-17)19-8-4-13-28-19/h3-4,6-8,13-14H,5,9-12,15-16H2,1-2H3,(H,23,26)/t22-/m0/s1. The van der Waals surface area contributed by atoms with Crippen molar-refractivity contribution in [3.8, 4) is 10.4 Å². The molecule has 2 aromatic rings.